The fraction of sp³-hybridized carbons (Fsp3) is 0.529. The molecule has 0 aromatic heterocycles. The van der Waals surface area contributed by atoms with Gasteiger partial charge in [-0.1, -0.05) is 12.1 Å². The molecule has 0 amide bonds. The Morgan fingerprint density at radius 1 is 1.36 bits per heavy atom. The van der Waals surface area contributed by atoms with Crippen LogP contribution in [0.2, 0.25) is 0 Å². The van der Waals surface area contributed by atoms with Gasteiger partial charge in [0.15, 0.2) is 0 Å². The Morgan fingerprint density at radius 2 is 1.95 bits per heavy atom. The van der Waals surface area contributed by atoms with E-state index in [1.54, 1.807) is 26.0 Å². The molecule has 1 heterocycles. The van der Waals surface area contributed by atoms with Crippen molar-refractivity contribution in [1.82, 2.24) is 5.32 Å². The van der Waals surface area contributed by atoms with Gasteiger partial charge >= 0.3 is 5.97 Å². The number of ether oxygens (including phenoxy) is 1. The molecule has 22 heavy (non-hydrogen) atoms. The van der Waals surface area contributed by atoms with E-state index in [0.29, 0.717) is 25.9 Å². The van der Waals surface area contributed by atoms with E-state index in [1.807, 2.05) is 6.07 Å². The van der Waals surface area contributed by atoms with Gasteiger partial charge in [0, 0.05) is 0 Å². The van der Waals surface area contributed by atoms with Gasteiger partial charge in [-0.15, -0.1) is 0 Å². The summed E-state index contributed by atoms with van der Waals surface area (Å²) >= 11 is 0. The lowest BCUT2D eigenvalue weighted by Crippen LogP contribution is -2.48. The Bertz CT molecular complexity index is 569. The van der Waals surface area contributed by atoms with Crippen LogP contribution in [0.5, 0.6) is 0 Å². The largest absolute Gasteiger partial charge is 0.458 e. The summed E-state index contributed by atoms with van der Waals surface area (Å²) in [6.07, 6.45) is 1.33. The first-order valence-corrected chi connectivity index (χ1v) is 7.47. The number of halogens is 1. The summed E-state index contributed by atoms with van der Waals surface area (Å²) < 4.78 is 18.8. The van der Waals surface area contributed by atoms with E-state index in [4.69, 9.17) is 10.00 Å². The highest BCUT2D eigenvalue weighted by atomic mass is 19.1. The monoisotopic (exact) mass is 304 g/mol. The van der Waals surface area contributed by atoms with Crippen molar-refractivity contribution in [3.05, 3.63) is 35.6 Å². The maximum Gasteiger partial charge on any atom is 0.317 e. The molecule has 4 nitrogen and oxygen atoms in total. The molecule has 0 bridgehead atoms. The fourth-order valence-electron chi connectivity index (χ4n) is 2.81. The summed E-state index contributed by atoms with van der Waals surface area (Å²) in [5, 5.41) is 12.1. The Kier molecular flexibility index (Phi) is 4.82. The van der Waals surface area contributed by atoms with Crippen molar-refractivity contribution in [3.8, 4) is 6.07 Å². The first-order valence-electron chi connectivity index (χ1n) is 7.47. The molecular weight excluding hydrogens is 283 g/mol. The molecule has 1 aromatic rings. The minimum absolute atomic E-state index is 0.135. The lowest BCUT2D eigenvalue weighted by Gasteiger charge is -2.38. The van der Waals surface area contributed by atoms with Crippen molar-refractivity contribution in [2.45, 2.75) is 44.1 Å². The van der Waals surface area contributed by atoms with Crippen LogP contribution in [-0.4, -0.2) is 24.7 Å². The highest BCUT2D eigenvalue weighted by Gasteiger charge is 2.44. The maximum atomic E-state index is 13.2. The van der Waals surface area contributed by atoms with Crippen LogP contribution in [0, 0.1) is 17.1 Å². The zero-order valence-corrected chi connectivity index (χ0v) is 13.0. The predicted octanol–water partition coefficient (Wildman–Crippen LogP) is 2.68. The average Bonchev–Trinajstić information content (AvgIpc) is 2.48. The molecule has 1 fully saturated rings. The van der Waals surface area contributed by atoms with Gasteiger partial charge in [-0.3, -0.25) is 4.79 Å². The van der Waals surface area contributed by atoms with E-state index in [-0.39, 0.29) is 18.2 Å². The summed E-state index contributed by atoms with van der Waals surface area (Å²) in [6, 6.07) is 8.08. The summed E-state index contributed by atoms with van der Waals surface area (Å²) in [5.41, 5.74) is -0.830. The lowest BCUT2D eigenvalue weighted by molar-refractivity contribution is -0.164. The number of esters is 1. The van der Waals surface area contributed by atoms with E-state index in [2.05, 4.69) is 5.32 Å². The maximum absolute atomic E-state index is 13.2. The molecule has 1 aliphatic rings. The Balaban J connectivity index is 2.31. The molecule has 5 heteroatoms. The molecule has 1 saturated heterocycles. The lowest BCUT2D eigenvalue weighted by atomic mass is 9.73. The van der Waals surface area contributed by atoms with Crippen molar-refractivity contribution in [1.29, 1.82) is 5.26 Å². The van der Waals surface area contributed by atoms with Gasteiger partial charge in [-0.25, -0.2) is 4.39 Å². The quantitative estimate of drug-likeness (QED) is 0.869. The second-order valence-corrected chi connectivity index (χ2v) is 6.32. The van der Waals surface area contributed by atoms with Crippen molar-refractivity contribution >= 4 is 5.97 Å². The fourth-order valence-corrected chi connectivity index (χ4v) is 2.81. The molecule has 0 saturated carbocycles. The first-order chi connectivity index (χ1) is 10.4. The average molecular weight is 304 g/mol. The normalized spacial score (nSPS) is 17.5. The second kappa shape index (κ2) is 6.45. The number of carbonyl (C=O) groups excluding carboxylic acids is 1. The van der Waals surface area contributed by atoms with Crippen LogP contribution in [0.3, 0.4) is 0 Å². The zero-order valence-electron chi connectivity index (χ0n) is 13.0. The smallest absolute Gasteiger partial charge is 0.317 e. The molecule has 1 aromatic carbocycles. The van der Waals surface area contributed by atoms with Crippen LogP contribution in [0.4, 0.5) is 4.39 Å². The number of rotatable bonds is 4. The molecule has 118 valence electrons. The van der Waals surface area contributed by atoms with E-state index >= 15 is 0 Å². The van der Waals surface area contributed by atoms with Gasteiger partial charge in [0.05, 0.1) is 17.9 Å². The van der Waals surface area contributed by atoms with E-state index in [1.165, 1.54) is 12.1 Å². The van der Waals surface area contributed by atoms with Gasteiger partial charge in [0.25, 0.3) is 0 Å². The summed E-state index contributed by atoms with van der Waals surface area (Å²) in [4.78, 5) is 12.8. The molecule has 2 rings (SSSR count). The van der Waals surface area contributed by atoms with Crippen molar-refractivity contribution in [2.24, 2.45) is 0 Å². The third-order valence-electron chi connectivity index (χ3n) is 4.12. The van der Waals surface area contributed by atoms with Crippen LogP contribution in [0.25, 0.3) is 0 Å². The molecule has 0 aliphatic carbocycles. The van der Waals surface area contributed by atoms with Crippen LogP contribution < -0.4 is 5.32 Å². The second-order valence-electron chi connectivity index (χ2n) is 6.32. The van der Waals surface area contributed by atoms with Crippen molar-refractivity contribution < 1.29 is 13.9 Å². The minimum atomic E-state index is -0.830. The standard InChI is InChI=1S/C17H21FN2O2/c1-16(2,7-10-19)22-15(21)17(8-11-20-12-9-17)13-3-5-14(18)6-4-13/h3-6,20H,7-9,11-12H2,1-2H3. The molecular formula is C17H21FN2O2. The Morgan fingerprint density at radius 3 is 2.50 bits per heavy atom. The SMILES string of the molecule is CC(C)(CC#N)OC(=O)C1(c2ccc(F)cc2)CCNCC1. The van der Waals surface area contributed by atoms with Gasteiger partial charge in [-0.2, -0.15) is 5.26 Å². The third-order valence-corrected chi connectivity index (χ3v) is 4.12. The highest BCUT2D eigenvalue weighted by molar-refractivity contribution is 5.84. The summed E-state index contributed by atoms with van der Waals surface area (Å²) in [5.74, 6) is -0.660. The molecule has 0 unspecified atom stereocenters. The van der Waals surface area contributed by atoms with E-state index in [0.717, 1.165) is 5.56 Å². The van der Waals surface area contributed by atoms with E-state index in [9.17, 15) is 9.18 Å². The number of carbonyl (C=O) groups is 1. The van der Waals surface area contributed by atoms with Crippen LogP contribution >= 0.6 is 0 Å². The third kappa shape index (κ3) is 3.45. The Labute approximate surface area is 130 Å². The van der Waals surface area contributed by atoms with Crippen LogP contribution in [-0.2, 0) is 14.9 Å². The Hall–Kier alpha value is -1.93. The number of nitriles is 1. The van der Waals surface area contributed by atoms with Crippen LogP contribution in [0.15, 0.2) is 24.3 Å². The zero-order chi connectivity index (χ0) is 16.2. The van der Waals surface area contributed by atoms with Crippen molar-refractivity contribution in [3.63, 3.8) is 0 Å². The summed E-state index contributed by atoms with van der Waals surface area (Å²) in [6.45, 7) is 4.86. The predicted molar refractivity (Wildman–Crippen MR) is 80.6 cm³/mol. The number of piperidine rings is 1. The van der Waals surface area contributed by atoms with Gasteiger partial charge in [0.1, 0.15) is 11.4 Å². The van der Waals surface area contributed by atoms with Gasteiger partial charge < -0.3 is 10.1 Å². The van der Waals surface area contributed by atoms with Gasteiger partial charge in [0.2, 0.25) is 0 Å². The molecule has 1 N–H and O–H groups in total. The number of hydrogen-bond acceptors (Lipinski definition) is 4. The van der Waals surface area contributed by atoms with Gasteiger partial charge in [-0.05, 0) is 57.5 Å². The number of benzene rings is 1. The number of hydrogen-bond donors (Lipinski definition) is 1. The molecule has 1 aliphatic heterocycles. The number of nitrogens with zero attached hydrogens (tertiary/aromatic N) is 1. The molecule has 0 atom stereocenters. The van der Waals surface area contributed by atoms with E-state index < -0.39 is 11.0 Å². The van der Waals surface area contributed by atoms with Crippen LogP contribution in [0.1, 0.15) is 38.7 Å². The number of nitrogens with one attached hydrogen (secondary N) is 1. The minimum Gasteiger partial charge on any atom is -0.458 e. The summed E-state index contributed by atoms with van der Waals surface area (Å²) in [7, 11) is 0. The molecule has 0 radical (unpaired) electrons. The first kappa shape index (κ1) is 16.4. The molecule has 0 spiro atoms. The highest BCUT2D eigenvalue weighted by Crippen LogP contribution is 2.36. The topological polar surface area (TPSA) is 62.1 Å². The van der Waals surface area contributed by atoms with Crippen molar-refractivity contribution in [2.75, 3.05) is 13.1 Å².